The van der Waals surface area contributed by atoms with Crippen LogP contribution in [0.2, 0.25) is 0 Å². The molecular formula is C25H38N4O8S. The monoisotopic (exact) mass is 554 g/mol. The first-order chi connectivity index (χ1) is 17.8. The Morgan fingerprint density at radius 2 is 1.74 bits per heavy atom. The number of amides is 2. The van der Waals surface area contributed by atoms with Gasteiger partial charge in [0.1, 0.15) is 23.4 Å². The standard InChI is InChI=1S/C25H38N4O8S/c1-25(2,3)37-23(31)20(17-18-8-10-19(11-9-18)36-24(32)27(4)5)26-22(30)21-7-6-12-29(21)38(33,34)28-13-15-35-16-14-28/h8-11,20-21H,6-7,12-17H2,1-5H3,(H,26,30)/t20-,21-/m0/s1. The summed E-state index contributed by atoms with van der Waals surface area (Å²) in [7, 11) is -0.712. The van der Waals surface area contributed by atoms with Gasteiger partial charge < -0.3 is 24.4 Å². The second-order valence-electron chi connectivity index (χ2n) is 10.5. The lowest BCUT2D eigenvalue weighted by molar-refractivity contribution is -0.158. The maximum Gasteiger partial charge on any atom is 0.414 e. The Balaban J connectivity index is 1.75. The number of ether oxygens (including phenoxy) is 3. The van der Waals surface area contributed by atoms with Gasteiger partial charge in [-0.1, -0.05) is 12.1 Å². The molecule has 3 rings (SSSR count). The predicted molar refractivity (Wildman–Crippen MR) is 139 cm³/mol. The molecule has 1 aromatic rings. The first-order valence-corrected chi connectivity index (χ1v) is 14.0. The van der Waals surface area contributed by atoms with Crippen LogP contribution < -0.4 is 10.1 Å². The molecule has 0 aliphatic carbocycles. The van der Waals surface area contributed by atoms with Crippen molar-refractivity contribution in [3.05, 3.63) is 29.8 Å². The molecule has 2 saturated heterocycles. The molecule has 2 aliphatic heterocycles. The van der Waals surface area contributed by atoms with Gasteiger partial charge in [0.15, 0.2) is 0 Å². The van der Waals surface area contributed by atoms with E-state index in [0.717, 1.165) is 0 Å². The van der Waals surface area contributed by atoms with E-state index >= 15 is 0 Å². The van der Waals surface area contributed by atoms with E-state index in [0.29, 0.717) is 37.4 Å². The van der Waals surface area contributed by atoms with E-state index < -0.39 is 45.9 Å². The van der Waals surface area contributed by atoms with Crippen molar-refractivity contribution in [2.75, 3.05) is 46.9 Å². The highest BCUT2D eigenvalue weighted by molar-refractivity contribution is 7.86. The van der Waals surface area contributed by atoms with E-state index in [1.54, 1.807) is 59.1 Å². The van der Waals surface area contributed by atoms with Crippen LogP contribution in [0.4, 0.5) is 4.79 Å². The molecule has 2 atom stereocenters. The average Bonchev–Trinajstić information content (AvgIpc) is 3.35. The number of benzene rings is 1. The summed E-state index contributed by atoms with van der Waals surface area (Å²) in [6, 6.07) is 4.58. The highest BCUT2D eigenvalue weighted by Gasteiger charge is 2.43. The Morgan fingerprint density at radius 1 is 1.11 bits per heavy atom. The number of nitrogens with zero attached hydrogens (tertiary/aromatic N) is 3. The zero-order valence-corrected chi connectivity index (χ0v) is 23.5. The summed E-state index contributed by atoms with van der Waals surface area (Å²) >= 11 is 0. The normalized spacial score (nSPS) is 20.0. The van der Waals surface area contributed by atoms with Gasteiger partial charge in [0.05, 0.1) is 13.2 Å². The fourth-order valence-electron chi connectivity index (χ4n) is 4.16. The molecule has 0 spiro atoms. The molecule has 2 amide bonds. The number of carbonyl (C=O) groups excluding carboxylic acids is 3. The summed E-state index contributed by atoms with van der Waals surface area (Å²) in [5.41, 5.74) is -0.0985. The van der Waals surface area contributed by atoms with Crippen molar-refractivity contribution >= 4 is 28.2 Å². The average molecular weight is 555 g/mol. The van der Waals surface area contributed by atoms with Gasteiger partial charge >= 0.3 is 12.1 Å². The summed E-state index contributed by atoms with van der Waals surface area (Å²) in [5.74, 6) is -0.846. The number of rotatable bonds is 8. The lowest BCUT2D eigenvalue weighted by Crippen LogP contribution is -2.56. The van der Waals surface area contributed by atoms with Gasteiger partial charge in [-0.15, -0.1) is 0 Å². The smallest absolute Gasteiger partial charge is 0.414 e. The molecule has 2 fully saturated rings. The summed E-state index contributed by atoms with van der Waals surface area (Å²) in [6.45, 7) is 6.47. The van der Waals surface area contributed by atoms with Crippen molar-refractivity contribution in [1.82, 2.24) is 18.8 Å². The fourth-order valence-corrected chi connectivity index (χ4v) is 5.95. The Hall–Kier alpha value is -2.74. The first-order valence-electron chi connectivity index (χ1n) is 12.6. The largest absolute Gasteiger partial charge is 0.458 e. The second-order valence-corrected chi connectivity index (χ2v) is 12.4. The third kappa shape index (κ3) is 7.88. The quantitative estimate of drug-likeness (QED) is 0.473. The van der Waals surface area contributed by atoms with Crippen LogP contribution >= 0.6 is 0 Å². The molecule has 212 valence electrons. The molecule has 1 N–H and O–H groups in total. The molecule has 2 heterocycles. The summed E-state index contributed by atoms with van der Waals surface area (Å²) in [5, 5.41) is 2.74. The van der Waals surface area contributed by atoms with Crippen molar-refractivity contribution in [2.24, 2.45) is 0 Å². The van der Waals surface area contributed by atoms with E-state index in [1.165, 1.54) is 13.5 Å². The van der Waals surface area contributed by atoms with Gasteiger partial charge in [0.2, 0.25) is 5.91 Å². The summed E-state index contributed by atoms with van der Waals surface area (Å²) < 4.78 is 45.1. The molecule has 38 heavy (non-hydrogen) atoms. The second kappa shape index (κ2) is 12.4. The Labute approximate surface area is 224 Å². The molecule has 2 aliphatic rings. The SMILES string of the molecule is CN(C)C(=O)Oc1ccc(C[C@H](NC(=O)[C@@H]2CCCN2S(=O)(=O)N2CCOCC2)C(=O)OC(C)(C)C)cc1. The molecular weight excluding hydrogens is 516 g/mol. The third-order valence-corrected chi connectivity index (χ3v) is 8.09. The predicted octanol–water partition coefficient (Wildman–Crippen LogP) is 1.16. The Bertz CT molecular complexity index is 1100. The maximum absolute atomic E-state index is 13.4. The summed E-state index contributed by atoms with van der Waals surface area (Å²) in [4.78, 5) is 39.5. The molecule has 13 heteroatoms. The molecule has 0 bridgehead atoms. The highest BCUT2D eigenvalue weighted by atomic mass is 32.2. The zero-order chi connectivity index (χ0) is 28.1. The third-order valence-electron chi connectivity index (χ3n) is 6.04. The van der Waals surface area contributed by atoms with Gasteiger partial charge in [-0.25, -0.2) is 9.59 Å². The maximum atomic E-state index is 13.4. The van der Waals surface area contributed by atoms with Crippen molar-refractivity contribution in [1.29, 1.82) is 0 Å². The lowest BCUT2D eigenvalue weighted by Gasteiger charge is -2.33. The Kier molecular flexibility index (Phi) is 9.74. The number of morpholine rings is 1. The molecule has 1 aromatic carbocycles. The van der Waals surface area contributed by atoms with E-state index in [9.17, 15) is 22.8 Å². The topological polar surface area (TPSA) is 135 Å². The van der Waals surface area contributed by atoms with Crippen molar-refractivity contribution in [3.8, 4) is 5.75 Å². The minimum absolute atomic E-state index is 0.103. The molecule has 0 aromatic heterocycles. The van der Waals surface area contributed by atoms with Gasteiger partial charge in [-0.3, -0.25) is 4.79 Å². The van der Waals surface area contributed by atoms with Crippen LogP contribution in [0.1, 0.15) is 39.2 Å². The van der Waals surface area contributed by atoms with E-state index in [4.69, 9.17) is 14.2 Å². The van der Waals surface area contributed by atoms with E-state index in [2.05, 4.69) is 5.32 Å². The number of hydrogen-bond acceptors (Lipinski definition) is 8. The van der Waals surface area contributed by atoms with Crippen LogP contribution in [0.3, 0.4) is 0 Å². The molecule has 0 radical (unpaired) electrons. The molecule has 0 unspecified atom stereocenters. The highest BCUT2D eigenvalue weighted by Crippen LogP contribution is 2.25. The number of hydrogen-bond donors (Lipinski definition) is 1. The van der Waals surface area contributed by atoms with E-state index in [-0.39, 0.29) is 26.1 Å². The summed E-state index contributed by atoms with van der Waals surface area (Å²) in [6.07, 6.45) is 0.463. The first kappa shape index (κ1) is 29.8. The van der Waals surface area contributed by atoms with Crippen LogP contribution in [-0.2, 0) is 35.7 Å². The zero-order valence-electron chi connectivity index (χ0n) is 22.6. The van der Waals surface area contributed by atoms with E-state index in [1.807, 2.05) is 0 Å². The fraction of sp³-hybridized carbons (Fsp3) is 0.640. The number of nitrogens with one attached hydrogen (secondary N) is 1. The number of esters is 1. The Morgan fingerprint density at radius 3 is 2.32 bits per heavy atom. The van der Waals surface area contributed by atoms with Crippen LogP contribution in [0.25, 0.3) is 0 Å². The van der Waals surface area contributed by atoms with Crippen molar-refractivity contribution < 1.29 is 37.0 Å². The van der Waals surface area contributed by atoms with Gasteiger partial charge in [-0.2, -0.15) is 17.0 Å². The van der Waals surface area contributed by atoms with Crippen LogP contribution in [0.15, 0.2) is 24.3 Å². The van der Waals surface area contributed by atoms with Crippen LogP contribution in [-0.4, -0.2) is 105 Å². The molecule has 12 nitrogen and oxygen atoms in total. The minimum Gasteiger partial charge on any atom is -0.458 e. The van der Waals surface area contributed by atoms with Crippen LogP contribution in [0, 0.1) is 0 Å². The van der Waals surface area contributed by atoms with Gasteiger partial charge in [-0.05, 0) is 51.3 Å². The van der Waals surface area contributed by atoms with Crippen molar-refractivity contribution in [3.63, 3.8) is 0 Å². The lowest BCUT2D eigenvalue weighted by atomic mass is 10.0. The van der Waals surface area contributed by atoms with Gasteiger partial charge in [0, 0.05) is 40.2 Å². The molecule has 0 saturated carbocycles. The van der Waals surface area contributed by atoms with Gasteiger partial charge in [0.25, 0.3) is 10.2 Å². The minimum atomic E-state index is -3.86. The van der Waals surface area contributed by atoms with Crippen molar-refractivity contribution in [2.45, 2.75) is 57.7 Å². The van der Waals surface area contributed by atoms with Crippen LogP contribution in [0.5, 0.6) is 5.75 Å². The number of carbonyl (C=O) groups is 3.